The van der Waals surface area contributed by atoms with Gasteiger partial charge in [-0.1, -0.05) is 42.5 Å². The molecule has 0 bridgehead atoms. The molecule has 5 heteroatoms. The molecule has 1 aliphatic rings. The Bertz CT molecular complexity index is 751. The van der Waals surface area contributed by atoms with E-state index < -0.39 is 0 Å². The van der Waals surface area contributed by atoms with Gasteiger partial charge in [0.25, 0.3) is 0 Å². The van der Waals surface area contributed by atoms with Crippen molar-refractivity contribution < 1.29 is 14.3 Å². The number of amides is 2. The number of nitrogens with one attached hydrogen (secondary N) is 1. The minimum Gasteiger partial charge on any atom is -0.489 e. The van der Waals surface area contributed by atoms with Gasteiger partial charge in [0.2, 0.25) is 11.8 Å². The van der Waals surface area contributed by atoms with Gasteiger partial charge in [-0.25, -0.2) is 0 Å². The lowest BCUT2D eigenvalue weighted by molar-refractivity contribution is -0.134. The van der Waals surface area contributed by atoms with Crippen molar-refractivity contribution in [3.05, 3.63) is 65.7 Å². The molecule has 5 nitrogen and oxygen atoms in total. The van der Waals surface area contributed by atoms with Crippen molar-refractivity contribution >= 4 is 11.8 Å². The van der Waals surface area contributed by atoms with Gasteiger partial charge in [-0.2, -0.15) is 0 Å². The van der Waals surface area contributed by atoms with Crippen molar-refractivity contribution in [2.45, 2.75) is 32.9 Å². The summed E-state index contributed by atoms with van der Waals surface area (Å²) in [6.07, 6.45) is 1.47. The molecule has 0 atom stereocenters. The fraction of sp³-hybridized carbons (Fsp3) is 0.364. The third-order valence-electron chi connectivity index (χ3n) is 4.95. The van der Waals surface area contributed by atoms with Crippen LogP contribution in [-0.2, 0) is 22.7 Å². The van der Waals surface area contributed by atoms with Gasteiger partial charge >= 0.3 is 0 Å². The first-order chi connectivity index (χ1) is 13.1. The topological polar surface area (TPSA) is 58.6 Å². The number of likely N-dealkylation sites (tertiary alicyclic amines) is 1. The zero-order valence-electron chi connectivity index (χ0n) is 15.7. The molecule has 0 spiro atoms. The number of hydrogen-bond acceptors (Lipinski definition) is 3. The third kappa shape index (κ3) is 5.58. The Morgan fingerprint density at radius 1 is 1.00 bits per heavy atom. The molecule has 27 heavy (non-hydrogen) atoms. The van der Waals surface area contributed by atoms with Gasteiger partial charge in [0.05, 0.1) is 0 Å². The van der Waals surface area contributed by atoms with Crippen molar-refractivity contribution in [3.63, 3.8) is 0 Å². The van der Waals surface area contributed by atoms with E-state index in [1.807, 2.05) is 54.6 Å². The number of piperidine rings is 1. The van der Waals surface area contributed by atoms with E-state index in [1.54, 1.807) is 11.8 Å². The van der Waals surface area contributed by atoms with E-state index in [0.717, 1.165) is 29.7 Å². The number of carbonyl (C=O) groups is 2. The summed E-state index contributed by atoms with van der Waals surface area (Å²) in [5, 5.41) is 3.01. The highest BCUT2D eigenvalue weighted by Gasteiger charge is 2.25. The lowest BCUT2D eigenvalue weighted by Gasteiger charge is -2.30. The molecule has 0 radical (unpaired) electrons. The second-order valence-corrected chi connectivity index (χ2v) is 6.92. The van der Waals surface area contributed by atoms with E-state index in [1.165, 1.54) is 0 Å². The minimum absolute atomic E-state index is 0.00548. The summed E-state index contributed by atoms with van der Waals surface area (Å²) >= 11 is 0. The molecule has 0 saturated carbocycles. The van der Waals surface area contributed by atoms with Crippen LogP contribution in [0.1, 0.15) is 30.9 Å². The standard InChI is InChI=1S/C22H26N2O3/c1-17(25)24-13-11-20(12-14-24)22(26)23-15-18-7-9-21(10-8-18)27-16-19-5-3-2-4-6-19/h2-10,20H,11-16H2,1H3,(H,23,26). The minimum atomic E-state index is -0.00548. The second kappa shape index (κ2) is 9.21. The predicted octanol–water partition coefficient (Wildman–Crippen LogP) is 3.14. The molecular weight excluding hydrogens is 340 g/mol. The van der Waals surface area contributed by atoms with Crippen LogP contribution in [0.3, 0.4) is 0 Å². The molecule has 1 aliphatic heterocycles. The van der Waals surface area contributed by atoms with Gasteiger partial charge in [0.15, 0.2) is 0 Å². The molecule has 2 aromatic rings. The van der Waals surface area contributed by atoms with Gasteiger partial charge in [-0.05, 0) is 36.1 Å². The van der Waals surface area contributed by atoms with Gasteiger partial charge in [0.1, 0.15) is 12.4 Å². The van der Waals surface area contributed by atoms with Crippen LogP contribution in [0.5, 0.6) is 5.75 Å². The van der Waals surface area contributed by atoms with E-state index in [9.17, 15) is 9.59 Å². The molecular formula is C22H26N2O3. The van der Waals surface area contributed by atoms with E-state index in [2.05, 4.69) is 5.32 Å². The molecule has 0 aliphatic carbocycles. The van der Waals surface area contributed by atoms with Crippen LogP contribution in [0.15, 0.2) is 54.6 Å². The molecule has 0 aromatic heterocycles. The highest BCUT2D eigenvalue weighted by atomic mass is 16.5. The Morgan fingerprint density at radius 3 is 2.30 bits per heavy atom. The molecule has 1 saturated heterocycles. The summed E-state index contributed by atoms with van der Waals surface area (Å²) in [4.78, 5) is 25.5. The maximum Gasteiger partial charge on any atom is 0.223 e. The average molecular weight is 366 g/mol. The fourth-order valence-corrected chi connectivity index (χ4v) is 3.23. The highest BCUT2D eigenvalue weighted by molar-refractivity contribution is 5.79. The lowest BCUT2D eigenvalue weighted by atomic mass is 9.96. The van der Waals surface area contributed by atoms with E-state index in [4.69, 9.17) is 4.74 Å². The summed E-state index contributed by atoms with van der Waals surface area (Å²) in [7, 11) is 0. The van der Waals surface area contributed by atoms with E-state index in [-0.39, 0.29) is 17.7 Å². The fourth-order valence-electron chi connectivity index (χ4n) is 3.23. The first kappa shape index (κ1) is 19.0. The van der Waals surface area contributed by atoms with Crippen molar-refractivity contribution in [1.29, 1.82) is 0 Å². The van der Waals surface area contributed by atoms with Crippen LogP contribution in [0.4, 0.5) is 0 Å². The summed E-state index contributed by atoms with van der Waals surface area (Å²) in [5.74, 6) is 0.964. The molecule has 1 N–H and O–H groups in total. The summed E-state index contributed by atoms with van der Waals surface area (Å²) in [6, 6.07) is 17.8. The number of rotatable bonds is 6. The molecule has 2 aromatic carbocycles. The van der Waals surface area contributed by atoms with Gasteiger partial charge in [-0.3, -0.25) is 9.59 Å². The van der Waals surface area contributed by atoms with Crippen LogP contribution in [0.2, 0.25) is 0 Å². The van der Waals surface area contributed by atoms with Crippen LogP contribution < -0.4 is 10.1 Å². The quantitative estimate of drug-likeness (QED) is 0.854. The highest BCUT2D eigenvalue weighted by Crippen LogP contribution is 2.18. The van der Waals surface area contributed by atoms with E-state index >= 15 is 0 Å². The number of ether oxygens (including phenoxy) is 1. The molecule has 0 unspecified atom stereocenters. The first-order valence-electron chi connectivity index (χ1n) is 9.40. The maximum absolute atomic E-state index is 12.3. The average Bonchev–Trinajstić information content (AvgIpc) is 2.72. The Balaban J connectivity index is 1.42. The Kier molecular flexibility index (Phi) is 6.47. The van der Waals surface area contributed by atoms with E-state index in [0.29, 0.717) is 26.2 Å². The smallest absolute Gasteiger partial charge is 0.223 e. The molecule has 3 rings (SSSR count). The normalized spacial score (nSPS) is 14.6. The SMILES string of the molecule is CC(=O)N1CCC(C(=O)NCc2ccc(OCc3ccccc3)cc2)CC1. The van der Waals surface area contributed by atoms with Crippen molar-refractivity contribution in [2.75, 3.05) is 13.1 Å². The number of carbonyl (C=O) groups excluding carboxylic acids is 2. The monoisotopic (exact) mass is 366 g/mol. The number of benzene rings is 2. The van der Waals surface area contributed by atoms with Crippen LogP contribution >= 0.6 is 0 Å². The van der Waals surface area contributed by atoms with Crippen molar-refractivity contribution in [2.24, 2.45) is 5.92 Å². The van der Waals surface area contributed by atoms with Crippen molar-refractivity contribution in [1.82, 2.24) is 10.2 Å². The summed E-state index contributed by atoms with van der Waals surface area (Å²) in [6.45, 7) is 3.95. The zero-order chi connectivity index (χ0) is 19.1. The third-order valence-corrected chi connectivity index (χ3v) is 4.95. The first-order valence-corrected chi connectivity index (χ1v) is 9.40. The largest absolute Gasteiger partial charge is 0.489 e. The molecule has 2 amide bonds. The maximum atomic E-state index is 12.3. The summed E-state index contributed by atoms with van der Waals surface area (Å²) in [5.41, 5.74) is 2.17. The Morgan fingerprint density at radius 2 is 1.67 bits per heavy atom. The van der Waals surface area contributed by atoms with Gasteiger partial charge in [0, 0.05) is 32.5 Å². The van der Waals surface area contributed by atoms with Crippen LogP contribution in [0.25, 0.3) is 0 Å². The Labute approximate surface area is 160 Å². The Hall–Kier alpha value is -2.82. The van der Waals surface area contributed by atoms with Crippen molar-refractivity contribution in [3.8, 4) is 5.75 Å². The molecule has 1 fully saturated rings. The molecule has 142 valence electrons. The van der Waals surface area contributed by atoms with Gasteiger partial charge < -0.3 is 15.0 Å². The zero-order valence-corrected chi connectivity index (χ0v) is 15.7. The number of hydrogen-bond donors (Lipinski definition) is 1. The van der Waals surface area contributed by atoms with Crippen LogP contribution in [-0.4, -0.2) is 29.8 Å². The van der Waals surface area contributed by atoms with Crippen LogP contribution in [0, 0.1) is 5.92 Å². The summed E-state index contributed by atoms with van der Waals surface area (Å²) < 4.78 is 5.78. The second-order valence-electron chi connectivity index (χ2n) is 6.92. The predicted molar refractivity (Wildman–Crippen MR) is 104 cm³/mol. The lowest BCUT2D eigenvalue weighted by Crippen LogP contribution is -2.42. The number of nitrogens with zero attached hydrogens (tertiary/aromatic N) is 1. The molecule has 1 heterocycles. The van der Waals surface area contributed by atoms with Gasteiger partial charge in [-0.15, -0.1) is 0 Å².